The summed E-state index contributed by atoms with van der Waals surface area (Å²) in [5.74, 6) is -2.93. The molecule has 0 aliphatic carbocycles. The first-order valence-corrected chi connectivity index (χ1v) is 5.92. The molecule has 0 aromatic heterocycles. The van der Waals surface area contributed by atoms with Crippen LogP contribution in [0.2, 0.25) is 0 Å². The van der Waals surface area contributed by atoms with Crippen molar-refractivity contribution in [3.8, 4) is 5.75 Å². The molecule has 2 rings (SSSR count). The fourth-order valence-electron chi connectivity index (χ4n) is 1.43. The maximum atomic E-state index is 11.9. The molecule has 9 heteroatoms. The van der Waals surface area contributed by atoms with E-state index in [2.05, 4.69) is 10.2 Å². The van der Waals surface area contributed by atoms with Gasteiger partial charge in [0.05, 0.1) is 0 Å². The first kappa shape index (κ1) is 15.1. The Morgan fingerprint density at radius 3 is 2.29 bits per heavy atom. The summed E-state index contributed by atoms with van der Waals surface area (Å²) in [7, 11) is 0. The van der Waals surface area contributed by atoms with Crippen molar-refractivity contribution in [1.82, 2.24) is 10.8 Å². The van der Waals surface area contributed by atoms with E-state index in [1.807, 2.05) is 0 Å². The van der Waals surface area contributed by atoms with Crippen molar-refractivity contribution >= 4 is 11.9 Å². The Bertz CT molecular complexity index is 526. The Balaban J connectivity index is 1.86. The van der Waals surface area contributed by atoms with Gasteiger partial charge < -0.3 is 14.9 Å². The number of rotatable bonds is 3. The van der Waals surface area contributed by atoms with Crippen LogP contribution in [0, 0.1) is 0 Å². The van der Waals surface area contributed by atoms with E-state index in [4.69, 9.17) is 4.74 Å². The van der Waals surface area contributed by atoms with Crippen molar-refractivity contribution in [3.63, 3.8) is 0 Å². The molecule has 2 N–H and O–H groups in total. The minimum absolute atomic E-state index is 0.0315. The summed E-state index contributed by atoms with van der Waals surface area (Å²) in [4.78, 5) is 25.5. The van der Waals surface area contributed by atoms with Crippen molar-refractivity contribution < 1.29 is 32.3 Å². The van der Waals surface area contributed by atoms with Crippen LogP contribution in [0.1, 0.15) is 10.4 Å². The Morgan fingerprint density at radius 1 is 1.19 bits per heavy atom. The smallest absolute Gasteiger partial charge is 0.488 e. The van der Waals surface area contributed by atoms with Crippen LogP contribution in [0.4, 0.5) is 13.2 Å². The Morgan fingerprint density at radius 2 is 1.81 bits per heavy atom. The first-order chi connectivity index (χ1) is 9.86. The van der Waals surface area contributed by atoms with Crippen LogP contribution in [-0.2, 0) is 9.63 Å². The lowest BCUT2D eigenvalue weighted by atomic mass is 10.2. The van der Waals surface area contributed by atoms with Crippen LogP contribution >= 0.6 is 0 Å². The predicted octanol–water partition coefficient (Wildman–Crippen LogP) is 0.787. The van der Waals surface area contributed by atoms with Gasteiger partial charge in [0.15, 0.2) is 0 Å². The zero-order valence-electron chi connectivity index (χ0n) is 10.6. The highest BCUT2D eigenvalue weighted by Gasteiger charge is 2.42. The van der Waals surface area contributed by atoms with Crippen molar-refractivity contribution in [2.45, 2.75) is 12.3 Å². The third-order valence-corrected chi connectivity index (χ3v) is 2.63. The largest absolute Gasteiger partial charge is 0.493 e. The molecular formula is C12H11F3N2O4. The average molecular weight is 304 g/mol. The number of nitrogens with one attached hydrogen (secondary N) is 2. The summed E-state index contributed by atoms with van der Waals surface area (Å²) in [6.07, 6.45) is -5.10. The molecule has 1 aliphatic rings. The van der Waals surface area contributed by atoms with Crippen molar-refractivity contribution in [2.75, 3.05) is 13.1 Å². The van der Waals surface area contributed by atoms with Crippen LogP contribution in [0.25, 0.3) is 0 Å². The van der Waals surface area contributed by atoms with E-state index in [1.54, 1.807) is 0 Å². The number of halogens is 3. The monoisotopic (exact) mass is 304 g/mol. The van der Waals surface area contributed by atoms with E-state index in [1.165, 1.54) is 29.7 Å². The van der Waals surface area contributed by atoms with Gasteiger partial charge in [0.1, 0.15) is 11.9 Å². The molecule has 0 spiro atoms. The van der Waals surface area contributed by atoms with Gasteiger partial charge in [-0.2, -0.15) is 18.7 Å². The lowest BCUT2D eigenvalue weighted by Crippen LogP contribution is -2.50. The fourth-order valence-corrected chi connectivity index (χ4v) is 1.43. The highest BCUT2D eigenvalue weighted by molar-refractivity contribution is 5.94. The maximum Gasteiger partial charge on any atom is 0.493 e. The Hall–Kier alpha value is -2.29. The molecule has 0 atom stereocenters. The van der Waals surface area contributed by atoms with Gasteiger partial charge >= 0.3 is 12.1 Å². The number of alkyl halides is 3. The minimum Gasteiger partial charge on any atom is -0.488 e. The van der Waals surface area contributed by atoms with Crippen molar-refractivity contribution in [1.29, 1.82) is 0 Å². The van der Waals surface area contributed by atoms with Gasteiger partial charge in [-0.3, -0.25) is 4.79 Å². The molecule has 1 aromatic carbocycles. The molecule has 1 saturated heterocycles. The number of benzene rings is 1. The van der Waals surface area contributed by atoms with Gasteiger partial charge in [0.2, 0.25) is 0 Å². The van der Waals surface area contributed by atoms with E-state index in [0.717, 1.165) is 13.1 Å². The molecule has 1 aromatic rings. The van der Waals surface area contributed by atoms with Crippen LogP contribution in [0.3, 0.4) is 0 Å². The lowest BCUT2D eigenvalue weighted by Gasteiger charge is -2.27. The molecular weight excluding hydrogens is 293 g/mol. The quantitative estimate of drug-likeness (QED) is 0.807. The molecule has 1 amide bonds. The van der Waals surface area contributed by atoms with E-state index in [9.17, 15) is 22.8 Å². The molecule has 0 saturated carbocycles. The fraction of sp³-hybridized carbons (Fsp3) is 0.333. The number of hydroxylamine groups is 1. The van der Waals surface area contributed by atoms with E-state index in [0.29, 0.717) is 5.75 Å². The van der Waals surface area contributed by atoms with Gasteiger partial charge in [0.25, 0.3) is 5.91 Å². The van der Waals surface area contributed by atoms with Crippen LogP contribution in [-0.4, -0.2) is 37.2 Å². The molecule has 6 nitrogen and oxygen atoms in total. The SMILES string of the molecule is O=C(NOC(=O)C(F)(F)F)c1ccc(OC2CNC2)cc1. The Kier molecular flexibility index (Phi) is 4.32. The molecule has 1 aliphatic heterocycles. The predicted molar refractivity (Wildman–Crippen MR) is 63.3 cm³/mol. The molecule has 0 unspecified atom stereocenters. The highest BCUT2D eigenvalue weighted by Crippen LogP contribution is 2.17. The number of ether oxygens (including phenoxy) is 1. The van der Waals surface area contributed by atoms with Crippen LogP contribution in [0.5, 0.6) is 5.75 Å². The van der Waals surface area contributed by atoms with Gasteiger partial charge in [-0.15, -0.1) is 0 Å². The summed E-state index contributed by atoms with van der Waals surface area (Å²) in [6.45, 7) is 1.46. The van der Waals surface area contributed by atoms with E-state index < -0.39 is 18.1 Å². The third-order valence-electron chi connectivity index (χ3n) is 2.63. The standard InChI is InChI=1S/C12H11F3N2O4/c13-12(14,15)11(19)21-17-10(18)7-1-3-8(4-2-7)20-9-5-16-6-9/h1-4,9,16H,5-6H2,(H,17,18). The topological polar surface area (TPSA) is 76.7 Å². The number of hydrogen-bond acceptors (Lipinski definition) is 5. The van der Waals surface area contributed by atoms with Gasteiger partial charge in [-0.1, -0.05) is 0 Å². The zero-order valence-corrected chi connectivity index (χ0v) is 10.6. The number of amides is 1. The summed E-state index contributed by atoms with van der Waals surface area (Å²) in [5, 5.41) is 3.02. The summed E-state index contributed by atoms with van der Waals surface area (Å²) < 4.78 is 41.1. The summed E-state index contributed by atoms with van der Waals surface area (Å²) >= 11 is 0. The average Bonchev–Trinajstić information content (AvgIpc) is 2.39. The van der Waals surface area contributed by atoms with Crippen molar-refractivity contribution in [3.05, 3.63) is 29.8 Å². The third kappa shape index (κ3) is 4.09. The van der Waals surface area contributed by atoms with E-state index in [-0.39, 0.29) is 11.7 Å². The second kappa shape index (κ2) is 6.00. The normalized spacial score (nSPS) is 15.0. The highest BCUT2D eigenvalue weighted by atomic mass is 19.4. The van der Waals surface area contributed by atoms with Gasteiger partial charge in [-0.25, -0.2) is 4.79 Å². The second-order valence-electron chi connectivity index (χ2n) is 4.24. The van der Waals surface area contributed by atoms with Gasteiger partial charge in [0, 0.05) is 18.7 Å². The van der Waals surface area contributed by atoms with E-state index >= 15 is 0 Å². The number of carbonyl (C=O) groups excluding carboxylic acids is 2. The summed E-state index contributed by atoms with van der Waals surface area (Å²) in [6, 6.07) is 5.69. The zero-order chi connectivity index (χ0) is 15.5. The molecule has 114 valence electrons. The molecule has 0 bridgehead atoms. The first-order valence-electron chi connectivity index (χ1n) is 5.92. The molecule has 1 fully saturated rings. The molecule has 1 heterocycles. The second-order valence-corrected chi connectivity index (χ2v) is 4.24. The number of hydrogen-bond donors (Lipinski definition) is 2. The minimum atomic E-state index is -5.16. The number of carbonyl (C=O) groups is 2. The summed E-state index contributed by atoms with van der Waals surface area (Å²) in [5.41, 5.74) is 1.46. The lowest BCUT2D eigenvalue weighted by molar-refractivity contribution is -0.204. The van der Waals surface area contributed by atoms with Gasteiger partial charge in [-0.05, 0) is 24.3 Å². The van der Waals surface area contributed by atoms with Crippen molar-refractivity contribution in [2.24, 2.45) is 0 Å². The van der Waals surface area contributed by atoms with Crippen LogP contribution < -0.4 is 15.5 Å². The molecule has 0 radical (unpaired) electrons. The maximum absolute atomic E-state index is 11.9. The van der Waals surface area contributed by atoms with Crippen LogP contribution in [0.15, 0.2) is 24.3 Å². The molecule has 21 heavy (non-hydrogen) atoms. The Labute approximate surface area is 117 Å².